The Kier molecular flexibility index (Phi) is 5.96. The minimum absolute atomic E-state index is 0.00226. The van der Waals surface area contributed by atoms with E-state index >= 15 is 0 Å². The summed E-state index contributed by atoms with van der Waals surface area (Å²) in [6, 6.07) is 10.9. The molecule has 1 aliphatic heterocycles. The number of aryl methyl sites for hydroxylation is 1. The molecular formula is C21H23N3O3. The van der Waals surface area contributed by atoms with Crippen molar-refractivity contribution < 1.29 is 14.4 Å². The second kappa shape index (κ2) is 8.58. The van der Waals surface area contributed by atoms with Gasteiger partial charge in [0.25, 0.3) is 5.91 Å². The first kappa shape index (κ1) is 18.8. The average molecular weight is 365 g/mol. The van der Waals surface area contributed by atoms with Gasteiger partial charge in [0, 0.05) is 62.5 Å². The Morgan fingerprint density at radius 1 is 0.926 bits per heavy atom. The van der Waals surface area contributed by atoms with Gasteiger partial charge in [-0.25, -0.2) is 0 Å². The summed E-state index contributed by atoms with van der Waals surface area (Å²) >= 11 is 0. The molecule has 1 saturated heterocycles. The third-order valence-corrected chi connectivity index (χ3v) is 4.73. The number of rotatable bonds is 5. The minimum Gasteiger partial charge on any atom is -0.339 e. The quantitative estimate of drug-likeness (QED) is 0.763. The standard InChI is InChI=1S/C21H23N3O3/c1-16-4-2-5-17(14-16)21(27)24-12-10-23(11-13-24)20(26)8-7-19(25)18-6-3-9-22-15-18/h2-6,9,14-15H,7-8,10-13H2,1H3. The zero-order chi connectivity index (χ0) is 19.2. The predicted molar refractivity (Wildman–Crippen MR) is 101 cm³/mol. The molecule has 140 valence electrons. The van der Waals surface area contributed by atoms with Crippen LogP contribution in [0.4, 0.5) is 0 Å². The smallest absolute Gasteiger partial charge is 0.253 e. The number of pyridine rings is 1. The molecule has 3 rings (SSSR count). The van der Waals surface area contributed by atoms with E-state index in [0.717, 1.165) is 5.56 Å². The summed E-state index contributed by atoms with van der Waals surface area (Å²) in [6.45, 7) is 3.97. The van der Waals surface area contributed by atoms with Crippen LogP contribution in [0.3, 0.4) is 0 Å². The maximum absolute atomic E-state index is 12.6. The van der Waals surface area contributed by atoms with Gasteiger partial charge in [0.2, 0.25) is 5.91 Å². The third-order valence-electron chi connectivity index (χ3n) is 4.73. The summed E-state index contributed by atoms with van der Waals surface area (Å²) < 4.78 is 0. The Hall–Kier alpha value is -3.02. The van der Waals surface area contributed by atoms with E-state index in [0.29, 0.717) is 37.3 Å². The highest BCUT2D eigenvalue weighted by atomic mass is 16.2. The van der Waals surface area contributed by atoms with Gasteiger partial charge in [-0.15, -0.1) is 0 Å². The average Bonchev–Trinajstić information content (AvgIpc) is 2.72. The Balaban J connectivity index is 1.48. The molecule has 2 aromatic rings. The molecule has 0 N–H and O–H groups in total. The molecule has 6 heteroatoms. The van der Waals surface area contributed by atoms with Gasteiger partial charge in [0.05, 0.1) is 0 Å². The van der Waals surface area contributed by atoms with Crippen LogP contribution in [0, 0.1) is 6.92 Å². The highest BCUT2D eigenvalue weighted by Crippen LogP contribution is 2.12. The molecule has 0 atom stereocenters. The number of hydrogen-bond donors (Lipinski definition) is 0. The Morgan fingerprint density at radius 3 is 2.30 bits per heavy atom. The van der Waals surface area contributed by atoms with Crippen molar-refractivity contribution in [3.8, 4) is 0 Å². The van der Waals surface area contributed by atoms with Crippen LogP contribution in [0.25, 0.3) is 0 Å². The molecule has 0 bridgehead atoms. The van der Waals surface area contributed by atoms with Crippen LogP contribution >= 0.6 is 0 Å². The van der Waals surface area contributed by atoms with Crippen molar-refractivity contribution in [1.29, 1.82) is 0 Å². The van der Waals surface area contributed by atoms with Crippen molar-refractivity contribution in [3.63, 3.8) is 0 Å². The maximum atomic E-state index is 12.6. The first-order valence-electron chi connectivity index (χ1n) is 9.11. The van der Waals surface area contributed by atoms with Gasteiger partial charge in [-0.3, -0.25) is 19.4 Å². The molecule has 27 heavy (non-hydrogen) atoms. The summed E-state index contributed by atoms with van der Waals surface area (Å²) in [7, 11) is 0. The summed E-state index contributed by atoms with van der Waals surface area (Å²) in [5.41, 5.74) is 2.25. The van der Waals surface area contributed by atoms with Crippen LogP contribution in [-0.2, 0) is 4.79 Å². The van der Waals surface area contributed by atoms with Crippen molar-refractivity contribution in [3.05, 3.63) is 65.5 Å². The van der Waals surface area contributed by atoms with E-state index in [2.05, 4.69) is 4.98 Å². The van der Waals surface area contributed by atoms with Crippen molar-refractivity contribution in [1.82, 2.24) is 14.8 Å². The van der Waals surface area contributed by atoms with Gasteiger partial charge in [-0.05, 0) is 31.2 Å². The number of benzene rings is 1. The number of carbonyl (C=O) groups is 3. The second-order valence-corrected chi connectivity index (χ2v) is 6.71. The topological polar surface area (TPSA) is 70.6 Å². The Bertz CT molecular complexity index is 828. The molecule has 0 radical (unpaired) electrons. The van der Waals surface area contributed by atoms with Crippen LogP contribution in [0.1, 0.15) is 39.1 Å². The second-order valence-electron chi connectivity index (χ2n) is 6.71. The normalized spacial score (nSPS) is 14.1. The number of piperazine rings is 1. The summed E-state index contributed by atoms with van der Waals surface area (Å²) in [5.74, 6) is -0.128. The highest BCUT2D eigenvalue weighted by Gasteiger charge is 2.25. The molecule has 6 nitrogen and oxygen atoms in total. The summed E-state index contributed by atoms with van der Waals surface area (Å²) in [6.07, 6.45) is 3.48. The van der Waals surface area contributed by atoms with Crippen LogP contribution in [0.2, 0.25) is 0 Å². The van der Waals surface area contributed by atoms with E-state index in [-0.39, 0.29) is 30.4 Å². The number of Topliss-reactive ketones (excluding diaryl/α,β-unsaturated/α-hetero) is 1. The molecule has 1 aliphatic rings. The van der Waals surface area contributed by atoms with Crippen LogP contribution in [0.5, 0.6) is 0 Å². The van der Waals surface area contributed by atoms with E-state index in [9.17, 15) is 14.4 Å². The monoisotopic (exact) mass is 365 g/mol. The van der Waals surface area contributed by atoms with E-state index in [1.54, 1.807) is 28.1 Å². The fourth-order valence-corrected chi connectivity index (χ4v) is 3.17. The van der Waals surface area contributed by atoms with Gasteiger partial charge in [0.1, 0.15) is 0 Å². The summed E-state index contributed by atoms with van der Waals surface area (Å²) in [5, 5.41) is 0. The molecule has 0 aliphatic carbocycles. The lowest BCUT2D eigenvalue weighted by Gasteiger charge is -2.35. The minimum atomic E-state index is -0.0790. The Labute approximate surface area is 158 Å². The summed E-state index contributed by atoms with van der Waals surface area (Å²) in [4.78, 5) is 44.5. The number of hydrogen-bond acceptors (Lipinski definition) is 4. The lowest BCUT2D eigenvalue weighted by Crippen LogP contribution is -2.50. The van der Waals surface area contributed by atoms with Crippen molar-refractivity contribution in [2.24, 2.45) is 0 Å². The van der Waals surface area contributed by atoms with E-state index in [4.69, 9.17) is 0 Å². The molecule has 0 saturated carbocycles. The predicted octanol–water partition coefficient (Wildman–Crippen LogP) is 2.34. The zero-order valence-corrected chi connectivity index (χ0v) is 15.4. The lowest BCUT2D eigenvalue weighted by atomic mass is 10.1. The number of carbonyl (C=O) groups excluding carboxylic acids is 3. The fourth-order valence-electron chi connectivity index (χ4n) is 3.17. The Morgan fingerprint density at radius 2 is 1.63 bits per heavy atom. The molecule has 2 heterocycles. The first-order chi connectivity index (χ1) is 13.0. The van der Waals surface area contributed by atoms with Crippen LogP contribution in [-0.4, -0.2) is 58.6 Å². The lowest BCUT2D eigenvalue weighted by molar-refractivity contribution is -0.132. The van der Waals surface area contributed by atoms with Crippen LogP contribution in [0.15, 0.2) is 48.8 Å². The van der Waals surface area contributed by atoms with E-state index in [1.165, 1.54) is 6.20 Å². The number of nitrogens with zero attached hydrogens (tertiary/aromatic N) is 3. The molecule has 2 amide bonds. The molecule has 1 aromatic heterocycles. The maximum Gasteiger partial charge on any atom is 0.253 e. The number of aromatic nitrogens is 1. The zero-order valence-electron chi connectivity index (χ0n) is 15.4. The van der Waals surface area contributed by atoms with E-state index in [1.807, 2.05) is 31.2 Å². The molecule has 0 spiro atoms. The number of amides is 2. The molecular weight excluding hydrogens is 342 g/mol. The third kappa shape index (κ3) is 4.78. The van der Waals surface area contributed by atoms with Crippen molar-refractivity contribution >= 4 is 17.6 Å². The molecule has 1 aromatic carbocycles. The van der Waals surface area contributed by atoms with Gasteiger partial charge < -0.3 is 9.80 Å². The largest absolute Gasteiger partial charge is 0.339 e. The van der Waals surface area contributed by atoms with Gasteiger partial charge >= 0.3 is 0 Å². The van der Waals surface area contributed by atoms with Gasteiger partial charge in [-0.1, -0.05) is 17.7 Å². The van der Waals surface area contributed by atoms with Gasteiger partial charge in [0.15, 0.2) is 5.78 Å². The number of ketones is 1. The fraction of sp³-hybridized carbons (Fsp3) is 0.333. The van der Waals surface area contributed by atoms with Crippen LogP contribution < -0.4 is 0 Å². The SMILES string of the molecule is Cc1cccc(C(=O)N2CCN(C(=O)CCC(=O)c3cccnc3)CC2)c1. The van der Waals surface area contributed by atoms with E-state index < -0.39 is 0 Å². The molecule has 1 fully saturated rings. The highest BCUT2D eigenvalue weighted by molar-refractivity contribution is 5.97. The van der Waals surface area contributed by atoms with Crippen molar-refractivity contribution in [2.45, 2.75) is 19.8 Å². The first-order valence-corrected chi connectivity index (χ1v) is 9.11. The van der Waals surface area contributed by atoms with Gasteiger partial charge in [-0.2, -0.15) is 0 Å². The van der Waals surface area contributed by atoms with Crippen molar-refractivity contribution in [2.75, 3.05) is 26.2 Å². The molecule has 0 unspecified atom stereocenters.